The summed E-state index contributed by atoms with van der Waals surface area (Å²) in [7, 11) is 0. The van der Waals surface area contributed by atoms with Crippen LogP contribution in [0.4, 0.5) is 0 Å². The summed E-state index contributed by atoms with van der Waals surface area (Å²) >= 11 is 0. The van der Waals surface area contributed by atoms with Gasteiger partial charge >= 0.3 is 11.9 Å². The van der Waals surface area contributed by atoms with Crippen molar-refractivity contribution in [2.45, 2.75) is 59.3 Å². The van der Waals surface area contributed by atoms with Gasteiger partial charge in [-0.15, -0.1) is 0 Å². The third-order valence-electron chi connectivity index (χ3n) is 3.78. The molecule has 0 aliphatic rings. The summed E-state index contributed by atoms with van der Waals surface area (Å²) in [6.45, 7) is 17.7. The SMILES string of the molecule is C=CC(=O)OCCCC.C=CC(=O)OCCCCCC(C)C.C=Cc1ccccc1. The lowest BCUT2D eigenvalue weighted by atomic mass is 10.1. The molecule has 0 heterocycles. The second-order valence-electron chi connectivity index (χ2n) is 6.95. The summed E-state index contributed by atoms with van der Waals surface area (Å²) in [5.41, 5.74) is 1.17. The number of esters is 2. The van der Waals surface area contributed by atoms with Gasteiger partial charge in [0.15, 0.2) is 0 Å². The number of ether oxygens (including phenoxy) is 2. The second kappa shape index (κ2) is 22.7. The molecule has 0 N–H and O–H groups in total. The minimum Gasteiger partial charge on any atom is -0.463 e. The normalized spacial score (nSPS) is 9.20. The lowest BCUT2D eigenvalue weighted by Gasteiger charge is -2.04. The van der Waals surface area contributed by atoms with Gasteiger partial charge in [0.2, 0.25) is 0 Å². The van der Waals surface area contributed by atoms with Gasteiger partial charge in [-0.25, -0.2) is 9.59 Å². The Hall–Kier alpha value is -2.62. The molecule has 30 heavy (non-hydrogen) atoms. The van der Waals surface area contributed by atoms with Gasteiger partial charge in [0, 0.05) is 12.2 Å². The molecule has 0 aliphatic heterocycles. The van der Waals surface area contributed by atoms with E-state index in [-0.39, 0.29) is 11.9 Å². The summed E-state index contributed by atoms with van der Waals surface area (Å²) in [6.07, 6.45) is 10.8. The van der Waals surface area contributed by atoms with Crippen LogP contribution in [-0.4, -0.2) is 25.2 Å². The molecule has 0 bridgehead atoms. The Morgan fingerprint density at radius 2 is 1.40 bits per heavy atom. The average molecular weight is 417 g/mol. The van der Waals surface area contributed by atoms with Crippen molar-refractivity contribution in [1.29, 1.82) is 0 Å². The lowest BCUT2D eigenvalue weighted by Crippen LogP contribution is -2.01. The molecule has 1 aromatic carbocycles. The fraction of sp³-hybridized carbons (Fsp3) is 0.462. The van der Waals surface area contributed by atoms with Crippen LogP contribution in [0.3, 0.4) is 0 Å². The maximum Gasteiger partial charge on any atom is 0.330 e. The third-order valence-corrected chi connectivity index (χ3v) is 3.78. The smallest absolute Gasteiger partial charge is 0.330 e. The molecule has 0 aliphatic carbocycles. The molecule has 0 saturated heterocycles. The topological polar surface area (TPSA) is 52.6 Å². The van der Waals surface area contributed by atoms with Crippen molar-refractivity contribution in [1.82, 2.24) is 0 Å². The first-order valence-electron chi connectivity index (χ1n) is 10.7. The Labute approximate surface area is 183 Å². The molecule has 1 rings (SSSR count). The van der Waals surface area contributed by atoms with Crippen LogP contribution in [0.2, 0.25) is 0 Å². The van der Waals surface area contributed by atoms with Gasteiger partial charge in [0.05, 0.1) is 13.2 Å². The van der Waals surface area contributed by atoms with Crippen molar-refractivity contribution in [3.05, 3.63) is 67.8 Å². The number of rotatable bonds is 12. The van der Waals surface area contributed by atoms with Crippen LogP contribution in [0.25, 0.3) is 6.08 Å². The predicted octanol–water partition coefficient (Wildman–Crippen LogP) is 6.78. The summed E-state index contributed by atoms with van der Waals surface area (Å²) in [4.78, 5) is 21.0. The van der Waals surface area contributed by atoms with E-state index < -0.39 is 0 Å². The first kappa shape index (κ1) is 29.6. The summed E-state index contributed by atoms with van der Waals surface area (Å²) < 4.78 is 9.52. The second-order valence-corrected chi connectivity index (χ2v) is 6.95. The first-order chi connectivity index (χ1) is 14.4. The molecular weight excluding hydrogens is 376 g/mol. The van der Waals surface area contributed by atoms with Crippen molar-refractivity contribution in [3.8, 4) is 0 Å². The molecule has 0 amide bonds. The standard InChI is InChI=1S/C11H20O2.C8H8.C7H12O2/c1-4-11(12)13-9-7-5-6-8-10(2)3;1-2-8-6-4-3-5-7-8;1-3-5-6-9-7(8)4-2/h4,10H,1,5-9H2,2-3H3;2-7H,1H2;4H,2-3,5-6H2,1H3. The highest BCUT2D eigenvalue weighted by molar-refractivity contribution is 5.81. The molecule has 0 saturated carbocycles. The van der Waals surface area contributed by atoms with Gasteiger partial charge in [-0.05, 0) is 24.3 Å². The van der Waals surface area contributed by atoms with E-state index in [1.165, 1.54) is 30.6 Å². The number of carbonyl (C=O) groups excluding carboxylic acids is 2. The highest BCUT2D eigenvalue weighted by Crippen LogP contribution is 2.07. The van der Waals surface area contributed by atoms with Crippen LogP contribution in [0.5, 0.6) is 0 Å². The number of carbonyl (C=O) groups is 2. The maximum absolute atomic E-state index is 10.6. The quantitative estimate of drug-likeness (QED) is 0.214. The number of hydrogen-bond acceptors (Lipinski definition) is 4. The summed E-state index contributed by atoms with van der Waals surface area (Å²) in [5, 5.41) is 0. The molecule has 4 nitrogen and oxygen atoms in total. The van der Waals surface area contributed by atoms with E-state index in [0.717, 1.165) is 31.6 Å². The average Bonchev–Trinajstić information content (AvgIpc) is 2.77. The fourth-order valence-corrected chi connectivity index (χ4v) is 2.03. The molecule has 0 atom stereocenters. The summed E-state index contributed by atoms with van der Waals surface area (Å²) in [6, 6.07) is 10.0. The number of unbranched alkanes of at least 4 members (excludes halogenated alkanes) is 3. The molecule has 0 aromatic heterocycles. The van der Waals surface area contributed by atoms with Crippen LogP contribution in [0.15, 0.2) is 62.2 Å². The monoisotopic (exact) mass is 416 g/mol. The van der Waals surface area contributed by atoms with E-state index >= 15 is 0 Å². The highest BCUT2D eigenvalue weighted by atomic mass is 16.5. The third kappa shape index (κ3) is 23.4. The van der Waals surface area contributed by atoms with Crippen molar-refractivity contribution in [2.24, 2.45) is 5.92 Å². The van der Waals surface area contributed by atoms with E-state index in [4.69, 9.17) is 4.74 Å². The van der Waals surface area contributed by atoms with E-state index in [0.29, 0.717) is 13.2 Å². The molecule has 0 fully saturated rings. The Balaban J connectivity index is 0. The van der Waals surface area contributed by atoms with Gasteiger partial charge in [-0.2, -0.15) is 0 Å². The van der Waals surface area contributed by atoms with Crippen LogP contribution in [-0.2, 0) is 19.1 Å². The minimum absolute atomic E-state index is 0.316. The predicted molar refractivity (Wildman–Crippen MR) is 127 cm³/mol. The Bertz CT molecular complexity index is 576. The molecule has 1 aromatic rings. The van der Waals surface area contributed by atoms with E-state index in [2.05, 4.69) is 38.3 Å². The van der Waals surface area contributed by atoms with E-state index in [1.807, 2.05) is 43.3 Å². The van der Waals surface area contributed by atoms with Crippen LogP contribution in [0, 0.1) is 5.92 Å². The van der Waals surface area contributed by atoms with Gasteiger partial charge in [-0.1, -0.05) is 103 Å². The van der Waals surface area contributed by atoms with Gasteiger partial charge in [-0.3, -0.25) is 0 Å². The van der Waals surface area contributed by atoms with Crippen molar-refractivity contribution in [3.63, 3.8) is 0 Å². The van der Waals surface area contributed by atoms with Gasteiger partial charge in [0.1, 0.15) is 0 Å². The Kier molecular flexibility index (Phi) is 22.3. The van der Waals surface area contributed by atoms with Crippen molar-refractivity contribution in [2.75, 3.05) is 13.2 Å². The molecule has 0 radical (unpaired) electrons. The van der Waals surface area contributed by atoms with E-state index in [9.17, 15) is 9.59 Å². The fourth-order valence-electron chi connectivity index (χ4n) is 2.03. The molecular formula is C26H40O4. The van der Waals surface area contributed by atoms with Gasteiger partial charge < -0.3 is 9.47 Å². The lowest BCUT2D eigenvalue weighted by molar-refractivity contribution is -0.138. The number of benzene rings is 1. The highest BCUT2D eigenvalue weighted by Gasteiger charge is 1.96. The molecule has 0 spiro atoms. The first-order valence-corrected chi connectivity index (χ1v) is 10.7. The van der Waals surface area contributed by atoms with Gasteiger partial charge in [0.25, 0.3) is 0 Å². The molecule has 4 heteroatoms. The largest absolute Gasteiger partial charge is 0.463 e. The Morgan fingerprint density at radius 1 is 0.867 bits per heavy atom. The van der Waals surface area contributed by atoms with Crippen molar-refractivity contribution < 1.29 is 19.1 Å². The zero-order valence-corrected chi connectivity index (χ0v) is 19.1. The zero-order valence-electron chi connectivity index (χ0n) is 19.1. The van der Waals surface area contributed by atoms with Crippen LogP contribution in [0.1, 0.15) is 64.9 Å². The number of hydrogen-bond donors (Lipinski definition) is 0. The van der Waals surface area contributed by atoms with Crippen LogP contribution < -0.4 is 0 Å². The molecule has 168 valence electrons. The Morgan fingerprint density at radius 3 is 1.80 bits per heavy atom. The van der Waals surface area contributed by atoms with Crippen LogP contribution >= 0.6 is 0 Å². The summed E-state index contributed by atoms with van der Waals surface area (Å²) in [5.74, 6) is 0.128. The van der Waals surface area contributed by atoms with Crippen molar-refractivity contribution >= 4 is 18.0 Å². The van der Waals surface area contributed by atoms with E-state index in [1.54, 1.807) is 0 Å². The molecule has 0 unspecified atom stereocenters. The zero-order chi connectivity index (χ0) is 23.0. The maximum atomic E-state index is 10.6. The minimum atomic E-state index is -0.330.